The lowest BCUT2D eigenvalue weighted by Crippen LogP contribution is -2.46. The van der Waals surface area contributed by atoms with Crippen LogP contribution in [0, 0.1) is 0 Å². The molecule has 0 aromatic carbocycles. The fourth-order valence-electron chi connectivity index (χ4n) is 2.32. The second-order valence-electron chi connectivity index (χ2n) is 5.16. The number of unbranched alkanes of at least 4 members (excludes halogenated alkanes) is 1. The Kier molecular flexibility index (Phi) is 7.01. The number of nitrogens with zero attached hydrogens (tertiary/aromatic N) is 2. The Hall–Kier alpha value is -0.120. The molecule has 1 fully saturated rings. The van der Waals surface area contributed by atoms with E-state index in [0.717, 1.165) is 12.6 Å². The van der Waals surface area contributed by atoms with Crippen molar-refractivity contribution in [2.75, 3.05) is 46.8 Å². The van der Waals surface area contributed by atoms with E-state index in [-0.39, 0.29) is 0 Å². The zero-order valence-corrected chi connectivity index (χ0v) is 11.3. The Morgan fingerprint density at radius 1 is 1.31 bits per heavy atom. The second kappa shape index (κ2) is 8.04. The molecule has 0 aromatic heterocycles. The molecule has 3 nitrogen and oxygen atoms in total. The van der Waals surface area contributed by atoms with Gasteiger partial charge in [0.2, 0.25) is 0 Å². The van der Waals surface area contributed by atoms with Crippen molar-refractivity contribution in [3.8, 4) is 0 Å². The Balaban J connectivity index is 2.07. The predicted molar refractivity (Wildman–Crippen MR) is 70.9 cm³/mol. The van der Waals surface area contributed by atoms with Crippen LogP contribution in [0.2, 0.25) is 0 Å². The van der Waals surface area contributed by atoms with Crippen molar-refractivity contribution < 1.29 is 0 Å². The average molecular weight is 227 g/mol. The van der Waals surface area contributed by atoms with Crippen molar-refractivity contribution in [1.82, 2.24) is 15.1 Å². The number of likely N-dealkylation sites (N-methyl/N-ethyl adjacent to an activating group) is 1. The van der Waals surface area contributed by atoms with Gasteiger partial charge in [-0.05, 0) is 46.4 Å². The smallest absolute Gasteiger partial charge is 0.0217 e. The van der Waals surface area contributed by atoms with Gasteiger partial charge >= 0.3 is 0 Å². The zero-order chi connectivity index (χ0) is 11.8. The van der Waals surface area contributed by atoms with Gasteiger partial charge in [-0.1, -0.05) is 13.3 Å². The number of piperidine rings is 1. The summed E-state index contributed by atoms with van der Waals surface area (Å²) in [4.78, 5) is 4.98. The highest BCUT2D eigenvalue weighted by Gasteiger charge is 2.20. The first-order valence-corrected chi connectivity index (χ1v) is 6.83. The third kappa shape index (κ3) is 5.28. The number of likely N-dealkylation sites (tertiary alicyclic amines) is 1. The van der Waals surface area contributed by atoms with Gasteiger partial charge in [0.1, 0.15) is 0 Å². The Bertz CT molecular complexity index is 171. The van der Waals surface area contributed by atoms with Gasteiger partial charge in [0, 0.05) is 25.7 Å². The van der Waals surface area contributed by atoms with Crippen LogP contribution in [0.25, 0.3) is 0 Å². The molecule has 1 N–H and O–H groups in total. The maximum atomic E-state index is 3.52. The SMILES string of the molecule is CCCCNCCN1CCCC(N(C)C)C1. The molecule has 0 spiro atoms. The molecule has 1 unspecified atom stereocenters. The van der Waals surface area contributed by atoms with Crippen molar-refractivity contribution in [3.63, 3.8) is 0 Å². The Morgan fingerprint density at radius 3 is 2.81 bits per heavy atom. The average Bonchev–Trinajstić information content (AvgIpc) is 2.29. The first kappa shape index (κ1) is 13.9. The molecule has 0 radical (unpaired) electrons. The fraction of sp³-hybridized carbons (Fsp3) is 1.00. The summed E-state index contributed by atoms with van der Waals surface area (Å²) in [5, 5.41) is 3.52. The first-order valence-electron chi connectivity index (χ1n) is 6.83. The minimum atomic E-state index is 0.768. The molecule has 1 aliphatic heterocycles. The van der Waals surface area contributed by atoms with Crippen LogP contribution in [0.5, 0.6) is 0 Å². The summed E-state index contributed by atoms with van der Waals surface area (Å²) in [7, 11) is 4.40. The number of hydrogen-bond acceptors (Lipinski definition) is 3. The molecule has 0 saturated carbocycles. The van der Waals surface area contributed by atoms with E-state index in [0.29, 0.717) is 0 Å². The van der Waals surface area contributed by atoms with E-state index < -0.39 is 0 Å². The van der Waals surface area contributed by atoms with Gasteiger partial charge in [-0.15, -0.1) is 0 Å². The Morgan fingerprint density at radius 2 is 2.12 bits per heavy atom. The summed E-state index contributed by atoms with van der Waals surface area (Å²) in [5.41, 5.74) is 0. The van der Waals surface area contributed by atoms with Gasteiger partial charge in [-0.2, -0.15) is 0 Å². The third-order valence-corrected chi connectivity index (χ3v) is 3.52. The van der Waals surface area contributed by atoms with Crippen LogP contribution in [0.15, 0.2) is 0 Å². The third-order valence-electron chi connectivity index (χ3n) is 3.52. The van der Waals surface area contributed by atoms with Crippen LogP contribution >= 0.6 is 0 Å². The molecule has 1 aliphatic rings. The number of rotatable bonds is 7. The van der Waals surface area contributed by atoms with E-state index in [2.05, 4.69) is 36.1 Å². The van der Waals surface area contributed by atoms with Gasteiger partial charge in [-0.3, -0.25) is 0 Å². The van der Waals surface area contributed by atoms with Crippen molar-refractivity contribution in [3.05, 3.63) is 0 Å². The van der Waals surface area contributed by atoms with Crippen LogP contribution in [-0.4, -0.2) is 62.7 Å². The normalized spacial score (nSPS) is 22.9. The van der Waals surface area contributed by atoms with Crippen molar-refractivity contribution in [2.45, 2.75) is 38.6 Å². The molecular weight excluding hydrogens is 198 g/mol. The molecule has 16 heavy (non-hydrogen) atoms. The maximum absolute atomic E-state index is 3.52. The van der Waals surface area contributed by atoms with E-state index >= 15 is 0 Å². The topological polar surface area (TPSA) is 18.5 Å². The quantitative estimate of drug-likeness (QED) is 0.663. The van der Waals surface area contributed by atoms with Gasteiger partial charge in [0.05, 0.1) is 0 Å². The van der Waals surface area contributed by atoms with Gasteiger partial charge in [0.25, 0.3) is 0 Å². The summed E-state index contributed by atoms with van der Waals surface area (Å²) >= 11 is 0. The number of hydrogen-bond donors (Lipinski definition) is 1. The van der Waals surface area contributed by atoms with Crippen LogP contribution in [0.1, 0.15) is 32.6 Å². The monoisotopic (exact) mass is 227 g/mol. The summed E-state index contributed by atoms with van der Waals surface area (Å²) in [6.07, 6.45) is 5.32. The van der Waals surface area contributed by atoms with E-state index in [9.17, 15) is 0 Å². The van der Waals surface area contributed by atoms with E-state index in [4.69, 9.17) is 0 Å². The standard InChI is InChI=1S/C13H29N3/c1-4-5-8-14-9-11-16-10-6-7-13(12-16)15(2)3/h13-14H,4-12H2,1-3H3. The highest BCUT2D eigenvalue weighted by Crippen LogP contribution is 2.12. The lowest BCUT2D eigenvalue weighted by atomic mass is 10.1. The lowest BCUT2D eigenvalue weighted by Gasteiger charge is -2.36. The van der Waals surface area contributed by atoms with Crippen LogP contribution in [0.4, 0.5) is 0 Å². The summed E-state index contributed by atoms with van der Waals surface area (Å²) in [6.45, 7) is 8.34. The van der Waals surface area contributed by atoms with E-state index in [1.807, 2.05) is 0 Å². The molecule has 0 bridgehead atoms. The largest absolute Gasteiger partial charge is 0.315 e. The van der Waals surface area contributed by atoms with E-state index in [1.165, 1.54) is 51.9 Å². The van der Waals surface area contributed by atoms with Crippen molar-refractivity contribution >= 4 is 0 Å². The van der Waals surface area contributed by atoms with Crippen LogP contribution in [-0.2, 0) is 0 Å². The first-order chi connectivity index (χ1) is 7.74. The predicted octanol–water partition coefficient (Wildman–Crippen LogP) is 1.40. The highest BCUT2D eigenvalue weighted by molar-refractivity contribution is 4.78. The molecule has 96 valence electrons. The highest BCUT2D eigenvalue weighted by atomic mass is 15.2. The molecule has 3 heteroatoms. The molecular formula is C13H29N3. The van der Waals surface area contributed by atoms with Crippen LogP contribution < -0.4 is 5.32 Å². The molecule has 1 saturated heterocycles. The number of nitrogens with one attached hydrogen (secondary N) is 1. The van der Waals surface area contributed by atoms with Crippen molar-refractivity contribution in [2.24, 2.45) is 0 Å². The molecule has 0 aliphatic carbocycles. The Labute approximate surface area is 101 Å². The molecule has 1 heterocycles. The fourth-order valence-corrected chi connectivity index (χ4v) is 2.32. The molecule has 1 atom stereocenters. The maximum Gasteiger partial charge on any atom is 0.0217 e. The van der Waals surface area contributed by atoms with Gasteiger partial charge in [0.15, 0.2) is 0 Å². The van der Waals surface area contributed by atoms with Crippen LogP contribution in [0.3, 0.4) is 0 Å². The van der Waals surface area contributed by atoms with Gasteiger partial charge in [-0.25, -0.2) is 0 Å². The zero-order valence-electron chi connectivity index (χ0n) is 11.3. The lowest BCUT2D eigenvalue weighted by molar-refractivity contribution is 0.134. The minimum Gasteiger partial charge on any atom is -0.315 e. The second-order valence-corrected chi connectivity index (χ2v) is 5.16. The summed E-state index contributed by atoms with van der Waals surface area (Å²) < 4.78 is 0. The summed E-state index contributed by atoms with van der Waals surface area (Å²) in [5.74, 6) is 0. The molecule has 0 aromatic rings. The van der Waals surface area contributed by atoms with E-state index in [1.54, 1.807) is 0 Å². The minimum absolute atomic E-state index is 0.768. The summed E-state index contributed by atoms with van der Waals surface area (Å²) in [6, 6.07) is 0.768. The van der Waals surface area contributed by atoms with Gasteiger partial charge < -0.3 is 15.1 Å². The molecule has 1 rings (SSSR count). The van der Waals surface area contributed by atoms with Crippen molar-refractivity contribution in [1.29, 1.82) is 0 Å². The molecule has 0 amide bonds.